The van der Waals surface area contributed by atoms with Crippen molar-refractivity contribution >= 4 is 40.3 Å². The summed E-state index contributed by atoms with van der Waals surface area (Å²) in [7, 11) is 0. The van der Waals surface area contributed by atoms with Crippen LogP contribution in [0.3, 0.4) is 0 Å². The van der Waals surface area contributed by atoms with Gasteiger partial charge in [-0.25, -0.2) is 14.3 Å². The molecule has 3 heterocycles. The maximum absolute atomic E-state index is 14.2. The molecule has 0 saturated carbocycles. The average molecular weight is 517 g/mol. The number of amides is 2. The summed E-state index contributed by atoms with van der Waals surface area (Å²) in [6.45, 7) is 0.462. The molecule has 3 aromatic rings. The zero-order valence-corrected chi connectivity index (χ0v) is 20.3. The molecule has 0 fully saturated rings. The molecule has 0 aromatic heterocycles. The Morgan fingerprint density at radius 3 is 2.78 bits per heavy atom. The second-order valence-electron chi connectivity index (χ2n) is 8.60. The molecule has 0 aliphatic carbocycles. The van der Waals surface area contributed by atoms with Gasteiger partial charge in [0.15, 0.2) is 16.7 Å². The van der Waals surface area contributed by atoms with E-state index in [1.54, 1.807) is 24.3 Å². The lowest BCUT2D eigenvalue weighted by atomic mass is 10.1. The molecule has 2 amide bonds. The number of ether oxygens (including phenoxy) is 2. The van der Waals surface area contributed by atoms with Gasteiger partial charge in [0.25, 0.3) is 5.91 Å². The van der Waals surface area contributed by atoms with Crippen LogP contribution >= 0.6 is 11.8 Å². The number of carbonyl (C=O) groups is 2. The molecule has 8 nitrogen and oxygen atoms in total. The maximum atomic E-state index is 14.2. The summed E-state index contributed by atoms with van der Waals surface area (Å²) in [5.41, 5.74) is 2.76. The Labute approximate surface area is 216 Å². The standard InChI is InChI=1S/C27H21FN4O4S/c28-19-7-3-1-5-17(19)14-37-27-31-20-8-4-2-6-18(20)25-30-21(26(34)32(25)27)12-24(33)29-13-16-9-10-22-23(11-16)36-15-35-22/h1-11,21H,12-15H2,(H,29,33). The first-order chi connectivity index (χ1) is 18.1. The molecular weight excluding hydrogens is 495 g/mol. The summed E-state index contributed by atoms with van der Waals surface area (Å²) in [6.07, 6.45) is -0.100. The van der Waals surface area contributed by atoms with Crippen LogP contribution in [0, 0.1) is 5.82 Å². The smallest absolute Gasteiger partial charge is 0.259 e. The number of hydrogen-bond donors (Lipinski definition) is 1. The number of nitrogens with one attached hydrogen (secondary N) is 1. The van der Waals surface area contributed by atoms with Crippen LogP contribution in [0.4, 0.5) is 10.1 Å². The molecule has 1 N–H and O–H groups in total. The Morgan fingerprint density at radius 1 is 1.08 bits per heavy atom. The van der Waals surface area contributed by atoms with Crippen LogP contribution in [0.5, 0.6) is 11.5 Å². The predicted octanol–water partition coefficient (Wildman–Crippen LogP) is 4.15. The molecular formula is C27H21FN4O4S. The minimum Gasteiger partial charge on any atom is -0.454 e. The van der Waals surface area contributed by atoms with E-state index < -0.39 is 6.04 Å². The SMILES string of the molecule is O=C(CC1N=C2c3ccccc3N=C(SCc3ccccc3F)N2C1=O)NCc1ccc2c(c1)OCO2. The summed E-state index contributed by atoms with van der Waals surface area (Å²) in [6, 6.07) is 18.5. The highest BCUT2D eigenvalue weighted by Crippen LogP contribution is 2.35. The third kappa shape index (κ3) is 4.55. The van der Waals surface area contributed by atoms with Gasteiger partial charge in [0.05, 0.1) is 12.1 Å². The van der Waals surface area contributed by atoms with Gasteiger partial charge in [-0.05, 0) is 41.5 Å². The summed E-state index contributed by atoms with van der Waals surface area (Å²) in [5, 5.41) is 3.26. The minimum atomic E-state index is -0.878. The van der Waals surface area contributed by atoms with Crippen LogP contribution in [0.2, 0.25) is 0 Å². The van der Waals surface area contributed by atoms with E-state index in [0.29, 0.717) is 45.1 Å². The van der Waals surface area contributed by atoms with Crippen LogP contribution in [0.15, 0.2) is 76.7 Å². The third-order valence-electron chi connectivity index (χ3n) is 6.17. The van der Waals surface area contributed by atoms with Crippen molar-refractivity contribution in [3.63, 3.8) is 0 Å². The number of thioether (sulfide) groups is 1. The lowest BCUT2D eigenvalue weighted by molar-refractivity contribution is -0.128. The first-order valence-corrected chi connectivity index (χ1v) is 12.7. The van der Waals surface area contributed by atoms with Crippen LogP contribution in [0.25, 0.3) is 0 Å². The van der Waals surface area contributed by atoms with Gasteiger partial charge in [0.2, 0.25) is 12.7 Å². The Hall–Kier alpha value is -4.18. The van der Waals surface area contributed by atoms with Crippen molar-refractivity contribution in [1.29, 1.82) is 0 Å². The number of aliphatic imine (C=N–C) groups is 2. The maximum Gasteiger partial charge on any atom is 0.259 e. The number of benzene rings is 3. The molecule has 3 aliphatic rings. The normalized spacial score (nSPS) is 17.2. The highest BCUT2D eigenvalue weighted by molar-refractivity contribution is 8.13. The van der Waals surface area contributed by atoms with Crippen molar-refractivity contribution in [1.82, 2.24) is 10.2 Å². The van der Waals surface area contributed by atoms with E-state index in [9.17, 15) is 14.0 Å². The van der Waals surface area contributed by atoms with Gasteiger partial charge >= 0.3 is 0 Å². The Balaban J connectivity index is 1.17. The first kappa shape index (κ1) is 23.2. The topological polar surface area (TPSA) is 92.6 Å². The van der Waals surface area contributed by atoms with E-state index in [0.717, 1.165) is 5.56 Å². The Bertz CT molecular complexity index is 1470. The lowest BCUT2D eigenvalue weighted by Crippen LogP contribution is -2.42. The monoisotopic (exact) mass is 516 g/mol. The third-order valence-corrected chi connectivity index (χ3v) is 7.16. The number of carbonyl (C=O) groups excluding carboxylic acids is 2. The zero-order chi connectivity index (χ0) is 25.4. The molecule has 3 aliphatic heterocycles. The highest BCUT2D eigenvalue weighted by atomic mass is 32.2. The number of para-hydroxylation sites is 1. The highest BCUT2D eigenvalue weighted by Gasteiger charge is 2.42. The largest absolute Gasteiger partial charge is 0.454 e. The lowest BCUT2D eigenvalue weighted by Gasteiger charge is -2.25. The molecule has 3 aromatic carbocycles. The van der Waals surface area contributed by atoms with Crippen LogP contribution in [-0.4, -0.2) is 40.6 Å². The van der Waals surface area contributed by atoms with Gasteiger partial charge in [-0.2, -0.15) is 0 Å². The second-order valence-corrected chi connectivity index (χ2v) is 9.54. The van der Waals surface area contributed by atoms with Crippen molar-refractivity contribution < 1.29 is 23.5 Å². The summed E-state index contributed by atoms with van der Waals surface area (Å²) in [5.74, 6) is 1.12. The zero-order valence-electron chi connectivity index (χ0n) is 19.5. The fourth-order valence-corrected chi connectivity index (χ4v) is 5.28. The van der Waals surface area contributed by atoms with Gasteiger partial charge in [-0.15, -0.1) is 0 Å². The molecule has 6 rings (SSSR count). The first-order valence-electron chi connectivity index (χ1n) is 11.7. The van der Waals surface area contributed by atoms with E-state index in [4.69, 9.17) is 9.47 Å². The fraction of sp³-hybridized carbons (Fsp3) is 0.185. The van der Waals surface area contributed by atoms with Crippen LogP contribution in [0.1, 0.15) is 23.1 Å². The summed E-state index contributed by atoms with van der Waals surface area (Å²) < 4.78 is 24.9. The number of halogens is 1. The van der Waals surface area contributed by atoms with Crippen LogP contribution < -0.4 is 14.8 Å². The average Bonchev–Trinajstić information content (AvgIpc) is 3.51. The van der Waals surface area contributed by atoms with E-state index in [-0.39, 0.29) is 37.4 Å². The van der Waals surface area contributed by atoms with Crippen molar-refractivity contribution in [3.05, 3.63) is 89.2 Å². The predicted molar refractivity (Wildman–Crippen MR) is 137 cm³/mol. The molecule has 186 valence electrons. The van der Waals surface area contributed by atoms with Gasteiger partial charge < -0.3 is 14.8 Å². The number of hydrogen-bond acceptors (Lipinski definition) is 7. The molecule has 1 unspecified atom stereocenters. The van der Waals surface area contributed by atoms with E-state index in [1.165, 1.54) is 22.7 Å². The van der Waals surface area contributed by atoms with Crippen molar-refractivity contribution in [3.8, 4) is 11.5 Å². The molecule has 1 atom stereocenters. The Morgan fingerprint density at radius 2 is 1.89 bits per heavy atom. The number of amidine groups is 2. The van der Waals surface area contributed by atoms with E-state index >= 15 is 0 Å². The van der Waals surface area contributed by atoms with Gasteiger partial charge in [-0.1, -0.05) is 48.2 Å². The van der Waals surface area contributed by atoms with E-state index in [1.807, 2.05) is 36.4 Å². The molecule has 0 radical (unpaired) electrons. The molecule has 10 heteroatoms. The molecule has 0 saturated heterocycles. The van der Waals surface area contributed by atoms with Gasteiger partial charge in [0, 0.05) is 17.9 Å². The quantitative estimate of drug-likeness (QED) is 0.531. The summed E-state index contributed by atoms with van der Waals surface area (Å²) >= 11 is 1.26. The van der Waals surface area contributed by atoms with Crippen molar-refractivity contribution in [2.45, 2.75) is 24.8 Å². The number of nitrogens with zero attached hydrogens (tertiary/aromatic N) is 3. The molecule has 0 spiro atoms. The number of fused-ring (bicyclic) bond motifs is 4. The van der Waals surface area contributed by atoms with Crippen molar-refractivity contribution in [2.24, 2.45) is 9.98 Å². The van der Waals surface area contributed by atoms with Gasteiger partial charge in [-0.3, -0.25) is 14.6 Å². The molecule has 37 heavy (non-hydrogen) atoms. The van der Waals surface area contributed by atoms with Crippen LogP contribution in [-0.2, 0) is 21.9 Å². The van der Waals surface area contributed by atoms with Crippen molar-refractivity contribution in [2.75, 3.05) is 6.79 Å². The van der Waals surface area contributed by atoms with E-state index in [2.05, 4.69) is 15.3 Å². The fourth-order valence-electron chi connectivity index (χ4n) is 4.29. The molecule has 0 bridgehead atoms. The Kier molecular flexibility index (Phi) is 6.09. The minimum absolute atomic E-state index is 0.100. The second kappa shape index (κ2) is 9.70. The summed E-state index contributed by atoms with van der Waals surface area (Å²) in [4.78, 5) is 36.9. The number of rotatable bonds is 6. The van der Waals surface area contributed by atoms with Gasteiger partial charge in [0.1, 0.15) is 17.7 Å².